The molecular weight excluding hydrogens is 206 g/mol. The van der Waals surface area contributed by atoms with Gasteiger partial charge in [-0.15, -0.1) is 6.58 Å². The minimum Gasteiger partial charge on any atom is -0.481 e. The Morgan fingerprint density at radius 1 is 1.38 bits per heavy atom. The first-order valence-electron chi connectivity index (χ1n) is 5.78. The summed E-state index contributed by atoms with van der Waals surface area (Å²) in [6, 6.07) is -0.191. The number of carbonyl (C=O) groups is 2. The van der Waals surface area contributed by atoms with Gasteiger partial charge >= 0.3 is 5.97 Å². The van der Waals surface area contributed by atoms with Crippen LogP contribution in [0.3, 0.4) is 0 Å². The van der Waals surface area contributed by atoms with E-state index in [1.807, 2.05) is 0 Å². The smallest absolute Gasteiger partial charge is 0.308 e. The molecule has 90 valence electrons. The van der Waals surface area contributed by atoms with Crippen molar-refractivity contribution in [1.29, 1.82) is 0 Å². The maximum Gasteiger partial charge on any atom is 0.308 e. The SMILES string of the molecule is C=CCCC(=O)N[C@H]1CCCCC1C(=O)O. The fourth-order valence-electron chi connectivity index (χ4n) is 2.11. The maximum atomic E-state index is 11.5. The van der Waals surface area contributed by atoms with E-state index in [-0.39, 0.29) is 11.9 Å². The Morgan fingerprint density at radius 3 is 2.69 bits per heavy atom. The van der Waals surface area contributed by atoms with Gasteiger partial charge in [0.05, 0.1) is 5.92 Å². The van der Waals surface area contributed by atoms with Gasteiger partial charge in [-0.3, -0.25) is 9.59 Å². The quantitative estimate of drug-likeness (QED) is 0.700. The average molecular weight is 225 g/mol. The second-order valence-electron chi connectivity index (χ2n) is 4.23. The number of carboxylic acids is 1. The van der Waals surface area contributed by atoms with Crippen molar-refractivity contribution in [2.75, 3.05) is 0 Å². The Labute approximate surface area is 95.7 Å². The highest BCUT2D eigenvalue weighted by Crippen LogP contribution is 2.24. The van der Waals surface area contributed by atoms with Gasteiger partial charge in [-0.1, -0.05) is 18.9 Å². The molecule has 0 aromatic carbocycles. The second kappa shape index (κ2) is 6.30. The average Bonchev–Trinajstić information content (AvgIpc) is 2.27. The van der Waals surface area contributed by atoms with Gasteiger partial charge in [0, 0.05) is 12.5 Å². The first kappa shape index (κ1) is 12.7. The van der Waals surface area contributed by atoms with Gasteiger partial charge in [0.1, 0.15) is 0 Å². The number of rotatable bonds is 5. The molecule has 2 atom stereocenters. The molecule has 1 aliphatic carbocycles. The van der Waals surface area contributed by atoms with Gasteiger partial charge < -0.3 is 10.4 Å². The van der Waals surface area contributed by atoms with Gasteiger partial charge in [0.25, 0.3) is 0 Å². The number of hydrogen-bond donors (Lipinski definition) is 2. The van der Waals surface area contributed by atoms with E-state index in [1.165, 1.54) is 0 Å². The summed E-state index contributed by atoms with van der Waals surface area (Å²) in [5.74, 6) is -1.28. The van der Waals surface area contributed by atoms with Crippen LogP contribution in [0.25, 0.3) is 0 Å². The summed E-state index contributed by atoms with van der Waals surface area (Å²) < 4.78 is 0. The molecule has 0 spiro atoms. The van der Waals surface area contributed by atoms with Crippen LogP contribution >= 0.6 is 0 Å². The summed E-state index contributed by atoms with van der Waals surface area (Å²) in [6.07, 6.45) is 6.10. The molecule has 0 heterocycles. The van der Waals surface area contributed by atoms with Gasteiger partial charge in [-0.2, -0.15) is 0 Å². The molecule has 4 nitrogen and oxygen atoms in total. The summed E-state index contributed by atoms with van der Waals surface area (Å²) in [4.78, 5) is 22.5. The lowest BCUT2D eigenvalue weighted by Gasteiger charge is -2.29. The van der Waals surface area contributed by atoms with Crippen LogP contribution in [-0.2, 0) is 9.59 Å². The van der Waals surface area contributed by atoms with Crippen LogP contribution in [-0.4, -0.2) is 23.0 Å². The van der Waals surface area contributed by atoms with Crippen LogP contribution in [0.2, 0.25) is 0 Å². The first-order chi connectivity index (χ1) is 7.65. The third-order valence-electron chi connectivity index (χ3n) is 3.01. The van der Waals surface area contributed by atoms with E-state index in [1.54, 1.807) is 6.08 Å². The fourth-order valence-corrected chi connectivity index (χ4v) is 2.11. The highest BCUT2D eigenvalue weighted by Gasteiger charge is 2.31. The zero-order chi connectivity index (χ0) is 12.0. The molecule has 0 radical (unpaired) electrons. The van der Waals surface area contributed by atoms with Crippen LogP contribution < -0.4 is 5.32 Å². The van der Waals surface area contributed by atoms with Crippen LogP contribution in [0.1, 0.15) is 38.5 Å². The number of amides is 1. The zero-order valence-electron chi connectivity index (χ0n) is 9.45. The predicted molar refractivity (Wildman–Crippen MR) is 61.0 cm³/mol. The summed E-state index contributed by atoms with van der Waals surface area (Å²) in [6.45, 7) is 3.55. The third kappa shape index (κ3) is 3.68. The monoisotopic (exact) mass is 225 g/mol. The molecule has 0 aromatic heterocycles. The van der Waals surface area contributed by atoms with Crippen LogP contribution in [0.4, 0.5) is 0 Å². The van der Waals surface area contributed by atoms with E-state index in [0.717, 1.165) is 19.3 Å². The van der Waals surface area contributed by atoms with Crippen molar-refractivity contribution in [1.82, 2.24) is 5.32 Å². The van der Waals surface area contributed by atoms with Crippen LogP contribution in [0.5, 0.6) is 0 Å². The number of carboxylic acid groups (broad SMARTS) is 1. The number of hydrogen-bond acceptors (Lipinski definition) is 2. The summed E-state index contributed by atoms with van der Waals surface area (Å²) in [5, 5.41) is 11.8. The Bertz CT molecular complexity index is 275. The highest BCUT2D eigenvalue weighted by atomic mass is 16.4. The van der Waals surface area contributed by atoms with E-state index in [9.17, 15) is 9.59 Å². The number of carbonyl (C=O) groups excluding carboxylic acids is 1. The van der Waals surface area contributed by atoms with E-state index >= 15 is 0 Å². The molecule has 1 aliphatic rings. The maximum absolute atomic E-state index is 11.5. The van der Waals surface area contributed by atoms with Crippen molar-refractivity contribution in [2.45, 2.75) is 44.6 Å². The van der Waals surface area contributed by atoms with E-state index in [2.05, 4.69) is 11.9 Å². The standard InChI is InChI=1S/C12H19NO3/c1-2-3-8-11(14)13-10-7-5-4-6-9(10)12(15)16/h2,9-10H,1,3-8H2,(H,13,14)(H,15,16)/t9?,10-/m0/s1. The lowest BCUT2D eigenvalue weighted by atomic mass is 9.84. The molecule has 1 amide bonds. The van der Waals surface area contributed by atoms with E-state index < -0.39 is 11.9 Å². The van der Waals surface area contributed by atoms with Crippen molar-refractivity contribution in [3.63, 3.8) is 0 Å². The molecule has 0 bridgehead atoms. The molecule has 4 heteroatoms. The summed E-state index contributed by atoms with van der Waals surface area (Å²) in [5.41, 5.74) is 0. The topological polar surface area (TPSA) is 66.4 Å². The first-order valence-corrected chi connectivity index (χ1v) is 5.78. The van der Waals surface area contributed by atoms with E-state index in [4.69, 9.17) is 5.11 Å². The minimum absolute atomic E-state index is 0.0713. The van der Waals surface area contributed by atoms with Gasteiger partial charge in [0.15, 0.2) is 0 Å². The molecule has 1 unspecified atom stereocenters. The Balaban J connectivity index is 2.46. The second-order valence-corrected chi connectivity index (χ2v) is 4.23. The van der Waals surface area contributed by atoms with E-state index in [0.29, 0.717) is 19.3 Å². The minimum atomic E-state index is -0.797. The van der Waals surface area contributed by atoms with Gasteiger partial charge in [-0.25, -0.2) is 0 Å². The van der Waals surface area contributed by atoms with Gasteiger partial charge in [0.2, 0.25) is 5.91 Å². The molecule has 0 saturated heterocycles. The van der Waals surface area contributed by atoms with Crippen LogP contribution in [0, 0.1) is 5.92 Å². The molecule has 1 saturated carbocycles. The molecule has 1 rings (SSSR count). The van der Waals surface area contributed by atoms with Crippen LogP contribution in [0.15, 0.2) is 12.7 Å². The Hall–Kier alpha value is -1.32. The highest BCUT2D eigenvalue weighted by molar-refractivity contribution is 5.78. The zero-order valence-corrected chi connectivity index (χ0v) is 9.45. The molecule has 0 aliphatic heterocycles. The molecular formula is C12H19NO3. The molecule has 0 aromatic rings. The van der Waals surface area contributed by atoms with Crippen molar-refractivity contribution in [3.05, 3.63) is 12.7 Å². The summed E-state index contributed by atoms with van der Waals surface area (Å²) >= 11 is 0. The Morgan fingerprint density at radius 2 is 2.06 bits per heavy atom. The van der Waals surface area contributed by atoms with Gasteiger partial charge in [-0.05, 0) is 19.3 Å². The Kier molecular flexibility index (Phi) is 5.02. The third-order valence-corrected chi connectivity index (χ3v) is 3.01. The van der Waals surface area contributed by atoms with Crippen molar-refractivity contribution in [2.24, 2.45) is 5.92 Å². The number of allylic oxidation sites excluding steroid dienone is 1. The molecule has 2 N–H and O–H groups in total. The number of aliphatic carboxylic acids is 1. The normalized spacial score (nSPS) is 24.8. The predicted octanol–water partition coefficient (Wildman–Crippen LogP) is 1.71. The fraction of sp³-hybridized carbons (Fsp3) is 0.667. The molecule has 1 fully saturated rings. The van der Waals surface area contributed by atoms with Crippen molar-refractivity contribution < 1.29 is 14.7 Å². The lowest BCUT2D eigenvalue weighted by molar-refractivity contribution is -0.144. The molecule has 16 heavy (non-hydrogen) atoms. The van der Waals surface area contributed by atoms with Crippen molar-refractivity contribution in [3.8, 4) is 0 Å². The largest absolute Gasteiger partial charge is 0.481 e. The summed E-state index contributed by atoms with van der Waals surface area (Å²) in [7, 11) is 0. The number of nitrogens with one attached hydrogen (secondary N) is 1. The van der Waals surface area contributed by atoms with Crippen molar-refractivity contribution >= 4 is 11.9 Å². The lowest BCUT2D eigenvalue weighted by Crippen LogP contribution is -2.45.